The van der Waals surface area contributed by atoms with Crippen LogP contribution in [0.4, 0.5) is 10.1 Å². The molecule has 17 heavy (non-hydrogen) atoms. The summed E-state index contributed by atoms with van der Waals surface area (Å²) in [5.74, 6) is -0.737. The van der Waals surface area contributed by atoms with Crippen LogP contribution >= 0.6 is 0 Å². The Hall–Kier alpha value is -2.17. The maximum absolute atomic E-state index is 13.6. The van der Waals surface area contributed by atoms with E-state index in [0.29, 0.717) is 6.42 Å². The summed E-state index contributed by atoms with van der Waals surface area (Å²) in [6, 6.07) is 6.62. The van der Waals surface area contributed by atoms with Crippen molar-refractivity contribution in [3.05, 3.63) is 47.5 Å². The Labute approximate surface area is 96.9 Å². The summed E-state index contributed by atoms with van der Waals surface area (Å²) in [6.45, 7) is 0. The number of benzene rings is 1. The summed E-state index contributed by atoms with van der Waals surface area (Å²) in [5.41, 5.74) is 1.89. The third-order valence-corrected chi connectivity index (χ3v) is 2.97. The number of nitrogens with one attached hydrogen (secondary N) is 2. The molecule has 0 bridgehead atoms. The quantitative estimate of drug-likeness (QED) is 0.788. The van der Waals surface area contributed by atoms with E-state index in [1.165, 1.54) is 6.07 Å². The minimum atomic E-state index is -0.403. The molecule has 1 amide bonds. The van der Waals surface area contributed by atoms with Gasteiger partial charge in [-0.1, -0.05) is 12.1 Å². The van der Waals surface area contributed by atoms with Crippen molar-refractivity contribution in [2.24, 2.45) is 0 Å². The van der Waals surface area contributed by atoms with E-state index in [0.717, 1.165) is 11.3 Å². The fraction of sp³-hybridized carbons (Fsp3) is 0.167. The highest BCUT2D eigenvalue weighted by molar-refractivity contribution is 5.95. The van der Waals surface area contributed by atoms with Gasteiger partial charge in [0.05, 0.1) is 5.69 Å². The lowest BCUT2D eigenvalue weighted by Crippen LogP contribution is -2.24. The number of halogens is 1. The van der Waals surface area contributed by atoms with Crippen molar-refractivity contribution in [2.75, 3.05) is 5.32 Å². The average Bonchev–Trinajstić information content (AvgIpc) is 2.83. The van der Waals surface area contributed by atoms with Crippen LogP contribution in [0.5, 0.6) is 0 Å². The molecule has 0 aliphatic carbocycles. The van der Waals surface area contributed by atoms with Gasteiger partial charge >= 0.3 is 0 Å². The van der Waals surface area contributed by atoms with Crippen molar-refractivity contribution >= 4 is 11.6 Å². The molecule has 2 aromatic rings. The average molecular weight is 231 g/mol. The molecule has 1 atom stereocenters. The van der Waals surface area contributed by atoms with Gasteiger partial charge in [0.2, 0.25) is 5.91 Å². The molecule has 1 aliphatic heterocycles. The van der Waals surface area contributed by atoms with Gasteiger partial charge < -0.3 is 5.32 Å². The second-order valence-electron chi connectivity index (χ2n) is 4.02. The molecule has 0 saturated carbocycles. The van der Waals surface area contributed by atoms with E-state index in [1.807, 2.05) is 6.07 Å². The number of hydrogen-bond acceptors (Lipinski definition) is 2. The molecule has 0 fully saturated rings. The Bertz CT molecular complexity index is 565. The van der Waals surface area contributed by atoms with Crippen molar-refractivity contribution in [2.45, 2.75) is 12.3 Å². The zero-order valence-corrected chi connectivity index (χ0v) is 8.90. The number of fused-ring (bicyclic) bond motifs is 1. The lowest BCUT2D eigenvalue weighted by Gasteiger charge is -2.24. The number of carbonyl (C=O) groups is 1. The van der Waals surface area contributed by atoms with Gasteiger partial charge in [0.1, 0.15) is 5.82 Å². The fourth-order valence-corrected chi connectivity index (χ4v) is 2.19. The molecular weight excluding hydrogens is 221 g/mol. The number of amides is 1. The van der Waals surface area contributed by atoms with Crippen LogP contribution in [0.25, 0.3) is 0 Å². The van der Waals surface area contributed by atoms with Crippen molar-refractivity contribution < 1.29 is 9.18 Å². The van der Waals surface area contributed by atoms with Gasteiger partial charge in [-0.15, -0.1) is 0 Å². The van der Waals surface area contributed by atoms with Crippen molar-refractivity contribution in [1.82, 2.24) is 10.2 Å². The Kier molecular flexibility index (Phi) is 2.18. The summed E-state index contributed by atoms with van der Waals surface area (Å²) in [7, 11) is 0. The number of hydrogen-bond donors (Lipinski definition) is 2. The summed E-state index contributed by atoms with van der Waals surface area (Å²) in [5, 5.41) is 9.27. The Morgan fingerprint density at radius 2 is 2.24 bits per heavy atom. The topological polar surface area (TPSA) is 57.8 Å². The molecular formula is C12H10FN3O. The molecule has 1 aromatic heterocycles. The van der Waals surface area contributed by atoms with Crippen LogP contribution in [-0.4, -0.2) is 16.1 Å². The fourth-order valence-electron chi connectivity index (χ4n) is 2.19. The number of para-hydroxylation sites is 1. The smallest absolute Gasteiger partial charge is 0.225 e. The summed E-state index contributed by atoms with van der Waals surface area (Å²) >= 11 is 0. The van der Waals surface area contributed by atoms with Crippen LogP contribution in [0.2, 0.25) is 0 Å². The van der Waals surface area contributed by atoms with Crippen LogP contribution in [0.3, 0.4) is 0 Å². The van der Waals surface area contributed by atoms with Crippen molar-refractivity contribution in [1.29, 1.82) is 0 Å². The van der Waals surface area contributed by atoms with Crippen LogP contribution in [0.15, 0.2) is 30.5 Å². The number of aromatic nitrogens is 2. The van der Waals surface area contributed by atoms with E-state index in [-0.39, 0.29) is 17.5 Å². The first-order valence-electron chi connectivity index (χ1n) is 5.33. The lowest BCUT2D eigenvalue weighted by atomic mass is 9.88. The van der Waals surface area contributed by atoms with E-state index in [9.17, 15) is 9.18 Å². The van der Waals surface area contributed by atoms with Crippen molar-refractivity contribution in [3.8, 4) is 0 Å². The minimum Gasteiger partial charge on any atom is -0.323 e. The molecule has 2 N–H and O–H groups in total. The van der Waals surface area contributed by atoms with Crippen LogP contribution < -0.4 is 5.32 Å². The predicted octanol–water partition coefficient (Wildman–Crippen LogP) is 2.02. The largest absolute Gasteiger partial charge is 0.323 e. The SMILES string of the molecule is O=C1CC(c2ccn[nH]2)c2cccc(F)c2N1. The van der Waals surface area contributed by atoms with Gasteiger partial charge in [0.15, 0.2) is 0 Å². The first-order valence-corrected chi connectivity index (χ1v) is 5.33. The molecule has 3 rings (SSSR count). The van der Waals surface area contributed by atoms with Crippen LogP contribution in [-0.2, 0) is 4.79 Å². The molecule has 0 spiro atoms. The molecule has 1 aromatic carbocycles. The number of nitrogens with zero attached hydrogens (tertiary/aromatic N) is 1. The van der Waals surface area contributed by atoms with Gasteiger partial charge in [-0.2, -0.15) is 5.10 Å². The third-order valence-electron chi connectivity index (χ3n) is 2.97. The maximum atomic E-state index is 13.6. The third kappa shape index (κ3) is 1.60. The van der Waals surface area contributed by atoms with E-state index in [1.54, 1.807) is 18.3 Å². The van der Waals surface area contributed by atoms with E-state index < -0.39 is 5.82 Å². The highest BCUT2D eigenvalue weighted by atomic mass is 19.1. The van der Waals surface area contributed by atoms with Gasteiger partial charge in [-0.05, 0) is 17.7 Å². The first-order chi connectivity index (χ1) is 8.25. The van der Waals surface area contributed by atoms with Crippen molar-refractivity contribution in [3.63, 3.8) is 0 Å². The summed E-state index contributed by atoms with van der Waals surface area (Å²) < 4.78 is 13.6. The Balaban J connectivity index is 2.15. The maximum Gasteiger partial charge on any atom is 0.225 e. The summed E-state index contributed by atoms with van der Waals surface area (Å²) in [4.78, 5) is 11.6. The standard InChI is InChI=1S/C12H10FN3O/c13-9-3-1-2-7-8(10-4-5-14-16-10)6-11(17)15-12(7)9/h1-5,8H,6H2,(H,14,16)(H,15,17). The predicted molar refractivity (Wildman–Crippen MR) is 60.1 cm³/mol. The van der Waals surface area contributed by atoms with E-state index in [4.69, 9.17) is 0 Å². The molecule has 0 saturated heterocycles. The Morgan fingerprint density at radius 3 is 3.00 bits per heavy atom. The lowest BCUT2D eigenvalue weighted by molar-refractivity contribution is -0.116. The van der Waals surface area contributed by atoms with Crippen LogP contribution in [0, 0.1) is 5.82 Å². The normalized spacial score (nSPS) is 18.6. The number of rotatable bonds is 1. The number of anilines is 1. The monoisotopic (exact) mass is 231 g/mol. The van der Waals surface area contributed by atoms with Gasteiger partial charge in [-0.3, -0.25) is 9.89 Å². The molecule has 4 nitrogen and oxygen atoms in total. The zero-order valence-electron chi connectivity index (χ0n) is 8.90. The highest BCUT2D eigenvalue weighted by Crippen LogP contribution is 2.37. The molecule has 1 unspecified atom stereocenters. The van der Waals surface area contributed by atoms with Crippen LogP contribution in [0.1, 0.15) is 23.6 Å². The molecule has 5 heteroatoms. The second kappa shape index (κ2) is 3.69. The Morgan fingerprint density at radius 1 is 1.35 bits per heavy atom. The van der Waals surface area contributed by atoms with E-state index >= 15 is 0 Å². The minimum absolute atomic E-state index is 0.156. The zero-order chi connectivity index (χ0) is 11.8. The first kappa shape index (κ1) is 10.0. The van der Waals surface area contributed by atoms with Gasteiger partial charge in [-0.25, -0.2) is 4.39 Å². The molecule has 0 radical (unpaired) electrons. The molecule has 2 heterocycles. The number of aromatic amines is 1. The number of H-pyrrole nitrogens is 1. The second-order valence-corrected chi connectivity index (χ2v) is 4.02. The van der Waals surface area contributed by atoms with Gasteiger partial charge in [0.25, 0.3) is 0 Å². The van der Waals surface area contributed by atoms with E-state index in [2.05, 4.69) is 15.5 Å². The highest BCUT2D eigenvalue weighted by Gasteiger charge is 2.28. The van der Waals surface area contributed by atoms with Gasteiger partial charge in [0, 0.05) is 24.2 Å². The summed E-state index contributed by atoms with van der Waals surface area (Å²) in [6.07, 6.45) is 1.93. The number of carbonyl (C=O) groups excluding carboxylic acids is 1. The molecule has 1 aliphatic rings. The molecule has 86 valence electrons.